The Morgan fingerprint density at radius 3 is 1.69 bits per heavy atom. The van der Waals surface area contributed by atoms with E-state index in [0.29, 0.717) is 35.9 Å². The number of imidazole rings is 2. The van der Waals surface area contributed by atoms with Crippen LogP contribution in [0.1, 0.15) is 109 Å². The van der Waals surface area contributed by atoms with Gasteiger partial charge >= 0.3 is 6.09 Å². The molecule has 2 aliphatic heterocycles. The molecule has 0 bridgehead atoms. The number of nitrogens with one attached hydrogen (secondary N) is 3. The van der Waals surface area contributed by atoms with E-state index in [-0.39, 0.29) is 29.9 Å². The maximum absolute atomic E-state index is 14.1. The van der Waals surface area contributed by atoms with Gasteiger partial charge in [-0.15, -0.1) is 0 Å². The van der Waals surface area contributed by atoms with Crippen LogP contribution in [0.3, 0.4) is 0 Å². The summed E-state index contributed by atoms with van der Waals surface area (Å²) in [5.41, 5.74) is 4.64. The van der Waals surface area contributed by atoms with Crippen LogP contribution in [0.2, 0.25) is 0 Å². The van der Waals surface area contributed by atoms with Crippen LogP contribution in [0, 0.1) is 23.7 Å². The molecular formula is C46H48N8O4. The number of amides is 3. The average Bonchev–Trinajstić information content (AvgIpc) is 4.11. The van der Waals surface area contributed by atoms with Gasteiger partial charge in [0.05, 0.1) is 31.6 Å². The molecule has 2 aliphatic rings. The summed E-state index contributed by atoms with van der Waals surface area (Å²) in [6, 6.07) is 25.2. The van der Waals surface area contributed by atoms with Gasteiger partial charge in [-0.2, -0.15) is 0 Å². The lowest BCUT2D eigenvalue weighted by Gasteiger charge is -2.34. The summed E-state index contributed by atoms with van der Waals surface area (Å²) in [5.74, 6) is 14.0. The largest absolute Gasteiger partial charge is 0.453 e. The Morgan fingerprint density at radius 1 is 0.724 bits per heavy atom. The van der Waals surface area contributed by atoms with Gasteiger partial charge in [0.15, 0.2) is 0 Å². The number of aromatic nitrogens is 4. The molecule has 5 aromatic rings. The van der Waals surface area contributed by atoms with E-state index in [0.717, 1.165) is 61.3 Å². The second kappa shape index (κ2) is 18.5. The van der Waals surface area contributed by atoms with E-state index in [1.54, 1.807) is 17.3 Å². The van der Waals surface area contributed by atoms with Crippen molar-refractivity contribution in [1.82, 2.24) is 40.0 Å². The van der Waals surface area contributed by atoms with Crippen molar-refractivity contribution in [2.45, 2.75) is 63.7 Å². The first-order chi connectivity index (χ1) is 28.4. The first-order valence-electron chi connectivity index (χ1n) is 19.9. The molecule has 2 aromatic heterocycles. The molecule has 296 valence electrons. The highest BCUT2D eigenvalue weighted by Gasteiger charge is 2.39. The van der Waals surface area contributed by atoms with Crippen molar-refractivity contribution in [2.75, 3.05) is 33.3 Å². The van der Waals surface area contributed by atoms with Gasteiger partial charge in [0, 0.05) is 24.2 Å². The number of hydrogen-bond acceptors (Lipinski definition) is 7. The van der Waals surface area contributed by atoms with Crippen molar-refractivity contribution in [3.8, 4) is 23.7 Å². The van der Waals surface area contributed by atoms with Gasteiger partial charge in [-0.1, -0.05) is 86.4 Å². The monoisotopic (exact) mass is 776 g/mol. The number of rotatable bonds is 10. The van der Waals surface area contributed by atoms with E-state index in [1.165, 1.54) is 7.11 Å². The van der Waals surface area contributed by atoms with E-state index >= 15 is 0 Å². The number of aromatic amines is 2. The molecule has 7 rings (SSSR count). The summed E-state index contributed by atoms with van der Waals surface area (Å²) < 4.78 is 4.81. The van der Waals surface area contributed by atoms with Gasteiger partial charge in [-0.05, 0) is 86.0 Å². The quantitative estimate of drug-likeness (QED) is 0.139. The summed E-state index contributed by atoms with van der Waals surface area (Å²) in [7, 11) is 1.28. The Morgan fingerprint density at radius 2 is 1.21 bits per heavy atom. The number of hydrogen-bond donors (Lipinski definition) is 3. The van der Waals surface area contributed by atoms with Crippen molar-refractivity contribution >= 4 is 17.9 Å². The van der Waals surface area contributed by atoms with Crippen molar-refractivity contribution in [1.29, 1.82) is 0 Å². The molecule has 0 saturated carbocycles. The standard InChI is InChI=1S/C46H48N8O4/c1-4-52(5-2)41(35-16-10-7-11-17-35)45(56)54-29-13-19-39(54)43-48-31-37(50-43)27-25-33-22-20-32(21-23-33)24-26-36-30-47-42(49-36)38-18-12-28-53(38)44(55)40(51-46(57)58-3)34-14-8-6-9-15-34/h6-11,14-17,20-23,30-31,38-41H,4-5,12-13,18-19,28-29H2,1-3H3,(H,47,49)(H,48,50)(H,51,57). The molecule has 0 radical (unpaired) electrons. The number of ether oxygens (including phenoxy) is 1. The minimum atomic E-state index is -0.885. The molecule has 12 nitrogen and oxygen atoms in total. The molecule has 2 saturated heterocycles. The van der Waals surface area contributed by atoms with Crippen LogP contribution in [0.4, 0.5) is 4.79 Å². The second-order valence-electron chi connectivity index (χ2n) is 14.3. The normalized spacial score (nSPS) is 17.2. The lowest BCUT2D eigenvalue weighted by molar-refractivity contribution is -0.138. The van der Waals surface area contributed by atoms with Crippen LogP contribution in [0.25, 0.3) is 0 Å². The Bertz CT molecular complexity index is 2310. The molecule has 3 amide bonds. The van der Waals surface area contributed by atoms with Gasteiger partial charge in [-0.25, -0.2) is 14.8 Å². The van der Waals surface area contributed by atoms with Gasteiger partial charge in [-0.3, -0.25) is 14.5 Å². The maximum Gasteiger partial charge on any atom is 0.407 e. The molecule has 4 unspecified atom stereocenters. The Balaban J connectivity index is 0.986. The highest BCUT2D eigenvalue weighted by Crippen LogP contribution is 2.35. The van der Waals surface area contributed by atoms with Gasteiger partial charge in [0.25, 0.3) is 5.91 Å². The predicted molar refractivity (Wildman–Crippen MR) is 220 cm³/mol. The summed E-state index contributed by atoms with van der Waals surface area (Å²) >= 11 is 0. The fourth-order valence-electron chi connectivity index (χ4n) is 7.85. The fraction of sp³-hybridized carbons (Fsp3) is 0.326. The van der Waals surface area contributed by atoms with Crippen molar-refractivity contribution < 1.29 is 19.1 Å². The maximum atomic E-state index is 14.1. The lowest BCUT2D eigenvalue weighted by Crippen LogP contribution is -2.43. The van der Waals surface area contributed by atoms with Gasteiger partial charge in [0.1, 0.15) is 35.1 Å². The van der Waals surface area contributed by atoms with Crippen LogP contribution in [0.5, 0.6) is 0 Å². The molecule has 0 spiro atoms. The van der Waals surface area contributed by atoms with Crippen LogP contribution in [0.15, 0.2) is 97.3 Å². The lowest BCUT2D eigenvalue weighted by atomic mass is 10.0. The summed E-state index contributed by atoms with van der Waals surface area (Å²) in [4.78, 5) is 62.0. The molecule has 0 aliphatic carbocycles. The highest BCUT2D eigenvalue weighted by molar-refractivity contribution is 5.87. The zero-order valence-corrected chi connectivity index (χ0v) is 33.1. The van der Waals surface area contributed by atoms with E-state index < -0.39 is 12.1 Å². The van der Waals surface area contributed by atoms with E-state index in [9.17, 15) is 14.4 Å². The van der Waals surface area contributed by atoms with Crippen LogP contribution >= 0.6 is 0 Å². The fourth-order valence-corrected chi connectivity index (χ4v) is 7.85. The number of carbonyl (C=O) groups is 3. The summed E-state index contributed by atoms with van der Waals surface area (Å²) in [5, 5.41) is 2.69. The van der Waals surface area contributed by atoms with E-state index in [1.807, 2.05) is 89.8 Å². The third kappa shape index (κ3) is 8.99. The zero-order valence-electron chi connectivity index (χ0n) is 33.1. The SMILES string of the molecule is CCN(CC)C(C(=O)N1CCCC1c1ncc(C#Cc2ccc(C#Cc3cnc(C4CCCN4C(=O)C(NC(=O)OC)c4ccccc4)[nH]3)cc2)[nH]1)c1ccccc1. The zero-order chi connectivity index (χ0) is 40.4. The third-order valence-electron chi connectivity index (χ3n) is 10.8. The van der Waals surface area contributed by atoms with E-state index in [2.05, 4.69) is 67.7 Å². The molecule has 58 heavy (non-hydrogen) atoms. The smallest absolute Gasteiger partial charge is 0.407 e. The van der Waals surface area contributed by atoms with Crippen molar-refractivity contribution in [2.24, 2.45) is 0 Å². The van der Waals surface area contributed by atoms with Crippen molar-refractivity contribution in [3.63, 3.8) is 0 Å². The Hall–Kier alpha value is -6.63. The number of H-pyrrole nitrogens is 2. The number of nitrogens with zero attached hydrogens (tertiary/aromatic N) is 5. The number of likely N-dealkylation sites (N-methyl/N-ethyl adjacent to an activating group) is 1. The number of carbonyl (C=O) groups excluding carboxylic acids is 3. The van der Waals surface area contributed by atoms with Crippen molar-refractivity contribution in [3.05, 3.63) is 143 Å². The summed E-state index contributed by atoms with van der Waals surface area (Å²) in [6.45, 7) is 6.98. The van der Waals surface area contributed by atoms with Gasteiger partial charge < -0.3 is 29.8 Å². The topological polar surface area (TPSA) is 140 Å². The van der Waals surface area contributed by atoms with Crippen LogP contribution in [-0.4, -0.2) is 85.8 Å². The minimum absolute atomic E-state index is 0.105. The van der Waals surface area contributed by atoms with Crippen LogP contribution in [-0.2, 0) is 14.3 Å². The molecule has 4 heterocycles. The first kappa shape index (κ1) is 39.6. The second-order valence-corrected chi connectivity index (χ2v) is 14.3. The first-order valence-corrected chi connectivity index (χ1v) is 19.9. The average molecular weight is 777 g/mol. The number of alkyl carbamates (subject to hydrolysis) is 1. The Labute approximate surface area is 339 Å². The predicted octanol–water partition coefficient (Wildman–Crippen LogP) is 6.44. The minimum Gasteiger partial charge on any atom is -0.453 e. The highest BCUT2D eigenvalue weighted by atomic mass is 16.5. The van der Waals surface area contributed by atoms with Crippen LogP contribution < -0.4 is 5.32 Å². The Kier molecular flexibility index (Phi) is 12.7. The summed E-state index contributed by atoms with van der Waals surface area (Å²) in [6.07, 6.45) is 6.05. The van der Waals surface area contributed by atoms with E-state index in [4.69, 9.17) is 4.74 Å². The molecule has 3 N–H and O–H groups in total. The third-order valence-corrected chi connectivity index (χ3v) is 10.8. The number of benzene rings is 3. The number of likely N-dealkylation sites (tertiary alicyclic amines) is 2. The molecule has 3 aromatic carbocycles. The van der Waals surface area contributed by atoms with Gasteiger partial charge in [0.2, 0.25) is 5.91 Å². The molecule has 4 atom stereocenters. The molecule has 2 fully saturated rings. The molecular weight excluding hydrogens is 729 g/mol. The number of methoxy groups -OCH3 is 1. The molecule has 12 heteroatoms.